The molecule has 0 rings (SSSR count). The van der Waals surface area contributed by atoms with Crippen LogP contribution in [-0.2, 0) is 0 Å². The molecule has 2 N–H and O–H groups in total. The van der Waals surface area contributed by atoms with Gasteiger partial charge in [-0.25, -0.2) is 0 Å². The molecular formula is C10H20N2O. The van der Waals surface area contributed by atoms with Crippen LogP contribution < -0.4 is 5.32 Å². The second-order valence-corrected chi connectivity index (χ2v) is 2.81. The molecule has 0 spiro atoms. The fourth-order valence-corrected chi connectivity index (χ4v) is 1.06. The predicted molar refractivity (Wildman–Crippen MR) is 56.8 cm³/mol. The Labute approximate surface area is 80.7 Å². The number of aliphatic hydroxyl groups is 1. The number of hydrogen-bond donors (Lipinski definition) is 2. The van der Waals surface area contributed by atoms with E-state index >= 15 is 0 Å². The lowest BCUT2D eigenvalue weighted by Gasteiger charge is -2.19. The molecular weight excluding hydrogens is 164 g/mol. The second kappa shape index (κ2) is 9.45. The summed E-state index contributed by atoms with van der Waals surface area (Å²) in [6.07, 6.45) is 3.69. The van der Waals surface area contributed by atoms with Gasteiger partial charge in [0, 0.05) is 32.7 Å². The van der Waals surface area contributed by atoms with Crippen LogP contribution in [0, 0.1) is 0 Å². The molecule has 76 valence electrons. The molecule has 0 aliphatic carbocycles. The summed E-state index contributed by atoms with van der Waals surface area (Å²) in [7, 11) is 0. The number of rotatable bonds is 9. The largest absolute Gasteiger partial charge is 0.395 e. The quantitative estimate of drug-likeness (QED) is 0.398. The summed E-state index contributed by atoms with van der Waals surface area (Å²) in [5, 5.41) is 12.0. The molecule has 0 unspecified atom stereocenters. The van der Waals surface area contributed by atoms with Crippen LogP contribution in [0.15, 0.2) is 25.3 Å². The highest BCUT2D eigenvalue weighted by Crippen LogP contribution is 1.86. The molecule has 0 bridgehead atoms. The van der Waals surface area contributed by atoms with Crippen LogP contribution in [0.1, 0.15) is 0 Å². The summed E-state index contributed by atoms with van der Waals surface area (Å²) in [6, 6.07) is 0. The molecule has 0 radical (unpaired) electrons. The van der Waals surface area contributed by atoms with Crippen molar-refractivity contribution in [2.24, 2.45) is 0 Å². The molecule has 0 aromatic carbocycles. The Bertz CT molecular complexity index is 137. The molecule has 0 aliphatic heterocycles. The van der Waals surface area contributed by atoms with Gasteiger partial charge in [-0.05, 0) is 0 Å². The fraction of sp³-hybridized carbons (Fsp3) is 0.600. The van der Waals surface area contributed by atoms with Crippen LogP contribution in [-0.4, -0.2) is 49.3 Å². The summed E-state index contributed by atoms with van der Waals surface area (Å²) >= 11 is 0. The minimum Gasteiger partial charge on any atom is -0.395 e. The van der Waals surface area contributed by atoms with Crippen molar-refractivity contribution in [1.29, 1.82) is 0 Å². The van der Waals surface area contributed by atoms with Gasteiger partial charge in [0.15, 0.2) is 0 Å². The molecule has 0 aromatic heterocycles. The van der Waals surface area contributed by atoms with Gasteiger partial charge >= 0.3 is 0 Å². The highest BCUT2D eigenvalue weighted by molar-refractivity contribution is 4.75. The van der Waals surface area contributed by atoms with Crippen LogP contribution in [0.4, 0.5) is 0 Å². The second-order valence-electron chi connectivity index (χ2n) is 2.81. The van der Waals surface area contributed by atoms with E-state index in [0.29, 0.717) is 6.54 Å². The first-order valence-corrected chi connectivity index (χ1v) is 4.61. The highest BCUT2D eigenvalue weighted by Gasteiger charge is 1.99. The van der Waals surface area contributed by atoms with Crippen LogP contribution in [0.5, 0.6) is 0 Å². The van der Waals surface area contributed by atoms with E-state index in [2.05, 4.69) is 23.4 Å². The Balaban J connectivity index is 3.43. The summed E-state index contributed by atoms with van der Waals surface area (Å²) in [4.78, 5) is 2.14. The van der Waals surface area contributed by atoms with Gasteiger partial charge < -0.3 is 10.4 Å². The maximum Gasteiger partial charge on any atom is 0.0558 e. The minimum atomic E-state index is 0.204. The van der Waals surface area contributed by atoms with Crippen molar-refractivity contribution in [2.75, 3.05) is 39.3 Å². The summed E-state index contributed by atoms with van der Waals surface area (Å²) in [6.45, 7) is 11.7. The Hall–Kier alpha value is -0.640. The van der Waals surface area contributed by atoms with Crippen LogP contribution in [0.3, 0.4) is 0 Å². The Morgan fingerprint density at radius 1 is 1.23 bits per heavy atom. The number of nitrogens with zero attached hydrogens (tertiary/aromatic N) is 1. The molecule has 0 saturated carbocycles. The van der Waals surface area contributed by atoms with Crippen molar-refractivity contribution in [2.45, 2.75) is 0 Å². The Morgan fingerprint density at radius 3 is 2.54 bits per heavy atom. The van der Waals surface area contributed by atoms with Crippen LogP contribution >= 0.6 is 0 Å². The van der Waals surface area contributed by atoms with E-state index in [9.17, 15) is 0 Å². The number of aliphatic hydroxyl groups excluding tert-OH is 1. The van der Waals surface area contributed by atoms with Crippen LogP contribution in [0.25, 0.3) is 0 Å². The maximum atomic E-state index is 8.75. The first-order chi connectivity index (χ1) is 6.35. The zero-order chi connectivity index (χ0) is 9.94. The lowest BCUT2D eigenvalue weighted by molar-refractivity contribution is 0.209. The molecule has 0 aromatic rings. The number of nitrogens with one attached hydrogen (secondary N) is 1. The van der Waals surface area contributed by atoms with Crippen LogP contribution in [0.2, 0.25) is 0 Å². The molecule has 0 amide bonds. The van der Waals surface area contributed by atoms with Crippen molar-refractivity contribution in [1.82, 2.24) is 10.2 Å². The van der Waals surface area contributed by atoms with Crippen molar-refractivity contribution in [3.05, 3.63) is 25.3 Å². The molecule has 0 saturated heterocycles. The summed E-state index contributed by atoms with van der Waals surface area (Å²) in [5.41, 5.74) is 0. The maximum absolute atomic E-state index is 8.75. The van der Waals surface area contributed by atoms with E-state index < -0.39 is 0 Å². The zero-order valence-electron chi connectivity index (χ0n) is 8.21. The summed E-state index contributed by atoms with van der Waals surface area (Å²) in [5.74, 6) is 0. The summed E-state index contributed by atoms with van der Waals surface area (Å²) < 4.78 is 0. The van der Waals surface area contributed by atoms with Crippen molar-refractivity contribution in [3.8, 4) is 0 Å². The van der Waals surface area contributed by atoms with Crippen molar-refractivity contribution >= 4 is 0 Å². The third kappa shape index (κ3) is 7.71. The topological polar surface area (TPSA) is 35.5 Å². The fourth-order valence-electron chi connectivity index (χ4n) is 1.06. The van der Waals surface area contributed by atoms with Gasteiger partial charge in [0.2, 0.25) is 0 Å². The van der Waals surface area contributed by atoms with Crippen molar-refractivity contribution in [3.63, 3.8) is 0 Å². The monoisotopic (exact) mass is 184 g/mol. The Kier molecular flexibility index (Phi) is 8.98. The lowest BCUT2D eigenvalue weighted by atomic mass is 10.4. The smallest absolute Gasteiger partial charge is 0.0558 e. The molecule has 3 heteroatoms. The normalized spacial score (nSPS) is 10.3. The molecule has 0 fully saturated rings. The van der Waals surface area contributed by atoms with Gasteiger partial charge in [0.25, 0.3) is 0 Å². The van der Waals surface area contributed by atoms with E-state index in [0.717, 1.165) is 26.2 Å². The van der Waals surface area contributed by atoms with E-state index in [1.165, 1.54) is 0 Å². The van der Waals surface area contributed by atoms with Gasteiger partial charge in [0.05, 0.1) is 6.61 Å². The van der Waals surface area contributed by atoms with E-state index in [4.69, 9.17) is 5.11 Å². The van der Waals surface area contributed by atoms with Gasteiger partial charge in [-0.15, -0.1) is 13.2 Å². The molecule has 13 heavy (non-hydrogen) atoms. The third-order valence-corrected chi connectivity index (χ3v) is 1.70. The molecule has 0 atom stereocenters. The van der Waals surface area contributed by atoms with Gasteiger partial charge in [0.1, 0.15) is 0 Å². The molecule has 0 heterocycles. The molecule has 3 nitrogen and oxygen atoms in total. The first kappa shape index (κ1) is 12.4. The van der Waals surface area contributed by atoms with E-state index in [1.807, 2.05) is 12.2 Å². The average Bonchev–Trinajstić information content (AvgIpc) is 2.13. The number of hydrogen-bond acceptors (Lipinski definition) is 3. The van der Waals surface area contributed by atoms with E-state index in [-0.39, 0.29) is 6.61 Å². The van der Waals surface area contributed by atoms with Gasteiger partial charge in [-0.2, -0.15) is 0 Å². The zero-order valence-corrected chi connectivity index (χ0v) is 8.21. The first-order valence-electron chi connectivity index (χ1n) is 4.61. The molecule has 0 aliphatic rings. The standard InChI is InChI=1S/C10H20N2O/c1-3-5-11-6-8-12(7-4-2)9-10-13/h3-4,11,13H,1-2,5-10H2. The Morgan fingerprint density at radius 2 is 2.00 bits per heavy atom. The van der Waals surface area contributed by atoms with E-state index in [1.54, 1.807) is 0 Å². The highest BCUT2D eigenvalue weighted by atomic mass is 16.3. The van der Waals surface area contributed by atoms with Gasteiger partial charge in [-0.3, -0.25) is 4.90 Å². The third-order valence-electron chi connectivity index (χ3n) is 1.70. The predicted octanol–water partition coefficient (Wildman–Crippen LogP) is 0.242. The minimum absolute atomic E-state index is 0.204. The SMILES string of the molecule is C=CCNCCN(CC=C)CCO. The lowest BCUT2D eigenvalue weighted by Crippen LogP contribution is -2.34. The van der Waals surface area contributed by atoms with Gasteiger partial charge in [-0.1, -0.05) is 12.2 Å². The average molecular weight is 184 g/mol. The van der Waals surface area contributed by atoms with Crippen molar-refractivity contribution < 1.29 is 5.11 Å².